The summed E-state index contributed by atoms with van der Waals surface area (Å²) in [6.07, 6.45) is 0.848. The van der Waals surface area contributed by atoms with Gasteiger partial charge in [0.25, 0.3) is 5.69 Å². The van der Waals surface area contributed by atoms with E-state index in [-0.39, 0.29) is 29.7 Å². The number of nitro groups is 1. The Labute approximate surface area is 194 Å². The number of carbonyl (C=O) groups is 2. The molecule has 0 atom stereocenters. The Bertz CT molecular complexity index is 1190. The first-order valence-corrected chi connectivity index (χ1v) is 11.2. The lowest BCUT2D eigenvalue weighted by molar-refractivity contribution is -0.385. The molecule has 0 unspecified atom stereocenters. The molecule has 2 N–H and O–H groups in total. The average Bonchev–Trinajstić information content (AvgIpc) is 3.12. The molecule has 0 aliphatic rings. The van der Waals surface area contributed by atoms with Gasteiger partial charge in [-0.3, -0.25) is 19.7 Å². The molecule has 172 valence electrons. The van der Waals surface area contributed by atoms with E-state index in [1.165, 1.54) is 6.07 Å². The van der Waals surface area contributed by atoms with Gasteiger partial charge in [0.1, 0.15) is 5.82 Å². The van der Waals surface area contributed by atoms with Crippen LogP contribution in [0.2, 0.25) is 0 Å². The number of nitro benzene ring substituents is 1. The number of nitrogens with zero attached hydrogens (tertiary/aromatic N) is 4. The van der Waals surface area contributed by atoms with Crippen LogP contribution in [0.25, 0.3) is 0 Å². The molecule has 1 aromatic heterocycles. The predicted molar refractivity (Wildman–Crippen MR) is 126 cm³/mol. The zero-order chi connectivity index (χ0) is 24.0. The molecule has 10 nitrogen and oxygen atoms in total. The highest BCUT2D eigenvalue weighted by Gasteiger charge is 2.16. The third-order valence-electron chi connectivity index (χ3n) is 4.94. The summed E-state index contributed by atoms with van der Waals surface area (Å²) in [7, 11) is 1.73. The van der Waals surface area contributed by atoms with Crippen molar-refractivity contribution in [2.75, 3.05) is 16.4 Å². The van der Waals surface area contributed by atoms with E-state index in [1.807, 2.05) is 31.2 Å². The quantitative estimate of drug-likeness (QED) is 0.279. The molecule has 2 aromatic carbocycles. The summed E-state index contributed by atoms with van der Waals surface area (Å²) in [6.45, 7) is 3.65. The number of anilines is 2. The molecule has 0 radical (unpaired) electrons. The van der Waals surface area contributed by atoms with Crippen molar-refractivity contribution >= 4 is 40.6 Å². The van der Waals surface area contributed by atoms with Gasteiger partial charge in [0, 0.05) is 30.1 Å². The molecule has 0 aliphatic carbocycles. The second kappa shape index (κ2) is 10.7. The Hall–Kier alpha value is -3.73. The van der Waals surface area contributed by atoms with Crippen LogP contribution < -0.4 is 10.6 Å². The number of nitrogens with one attached hydrogen (secondary N) is 2. The molecular weight excluding hydrogens is 444 g/mol. The Kier molecular flexibility index (Phi) is 7.78. The van der Waals surface area contributed by atoms with Crippen molar-refractivity contribution in [3.63, 3.8) is 0 Å². The Morgan fingerprint density at radius 1 is 1.12 bits per heavy atom. The minimum atomic E-state index is -0.488. The monoisotopic (exact) mass is 468 g/mol. The minimum absolute atomic E-state index is 0.0315. The van der Waals surface area contributed by atoms with Crippen LogP contribution in [-0.4, -0.2) is 37.3 Å². The van der Waals surface area contributed by atoms with Crippen LogP contribution in [0, 0.1) is 17.0 Å². The summed E-state index contributed by atoms with van der Waals surface area (Å²) in [6, 6.07) is 12.1. The number of amides is 2. The number of thioether (sulfide) groups is 1. The number of carbonyl (C=O) groups excluding carboxylic acids is 2. The smallest absolute Gasteiger partial charge is 0.274 e. The number of hydrogen-bond donors (Lipinski definition) is 2. The van der Waals surface area contributed by atoms with E-state index >= 15 is 0 Å². The molecule has 2 amide bonds. The molecule has 11 heteroatoms. The number of rotatable bonds is 9. The Morgan fingerprint density at radius 2 is 1.88 bits per heavy atom. The van der Waals surface area contributed by atoms with E-state index in [1.54, 1.807) is 30.7 Å². The maximum absolute atomic E-state index is 12.5. The van der Waals surface area contributed by atoms with Crippen molar-refractivity contribution in [3.8, 4) is 0 Å². The maximum Gasteiger partial charge on any atom is 0.274 e. The molecule has 0 fully saturated rings. The first-order chi connectivity index (χ1) is 15.8. The zero-order valence-corrected chi connectivity index (χ0v) is 19.3. The van der Waals surface area contributed by atoms with E-state index < -0.39 is 4.92 Å². The minimum Gasteiger partial charge on any atom is -0.325 e. The third-order valence-corrected chi connectivity index (χ3v) is 5.96. The molecule has 0 spiro atoms. The van der Waals surface area contributed by atoms with E-state index in [0.29, 0.717) is 22.2 Å². The summed E-state index contributed by atoms with van der Waals surface area (Å²) in [5.74, 6) is -0.0409. The number of aromatic nitrogens is 3. The first-order valence-electron chi connectivity index (χ1n) is 10.2. The molecule has 1 heterocycles. The van der Waals surface area contributed by atoms with Gasteiger partial charge in [0.2, 0.25) is 11.8 Å². The van der Waals surface area contributed by atoms with Crippen LogP contribution in [0.5, 0.6) is 0 Å². The summed E-state index contributed by atoms with van der Waals surface area (Å²) in [5, 5.41) is 25.2. The molecular formula is C22H24N6O4S. The van der Waals surface area contributed by atoms with Crippen molar-refractivity contribution in [2.24, 2.45) is 7.05 Å². The highest BCUT2D eigenvalue weighted by atomic mass is 32.2. The molecule has 3 aromatic rings. The van der Waals surface area contributed by atoms with Gasteiger partial charge in [-0.25, -0.2) is 0 Å². The van der Waals surface area contributed by atoms with Crippen molar-refractivity contribution < 1.29 is 14.5 Å². The molecule has 0 saturated carbocycles. The van der Waals surface area contributed by atoms with Gasteiger partial charge >= 0.3 is 0 Å². The van der Waals surface area contributed by atoms with Crippen molar-refractivity contribution in [1.29, 1.82) is 0 Å². The van der Waals surface area contributed by atoms with Crippen molar-refractivity contribution in [1.82, 2.24) is 14.8 Å². The summed E-state index contributed by atoms with van der Waals surface area (Å²) < 4.78 is 1.67. The fourth-order valence-electron chi connectivity index (χ4n) is 3.12. The zero-order valence-electron chi connectivity index (χ0n) is 18.5. The van der Waals surface area contributed by atoms with Gasteiger partial charge in [-0.15, -0.1) is 10.2 Å². The van der Waals surface area contributed by atoms with Crippen molar-refractivity contribution in [2.45, 2.75) is 31.8 Å². The highest BCUT2D eigenvalue weighted by molar-refractivity contribution is 7.99. The van der Waals surface area contributed by atoms with Crippen LogP contribution in [0.4, 0.5) is 17.1 Å². The van der Waals surface area contributed by atoms with Gasteiger partial charge in [-0.2, -0.15) is 0 Å². The van der Waals surface area contributed by atoms with Crippen LogP contribution in [0.15, 0.2) is 47.6 Å². The van der Waals surface area contributed by atoms with Gasteiger partial charge < -0.3 is 15.2 Å². The average molecular weight is 469 g/mol. The standard InChI is InChI=1S/C22H24N6O4S/c1-4-15-7-5-6-8-17(15)24-20(29)12-19-25-26-22(27(19)3)33-13-21(30)23-16-10-9-14(2)18(11-16)28(31)32/h5-11H,4,12-13H2,1-3H3,(H,23,30)(H,24,29). The van der Waals surface area contributed by atoms with Crippen LogP contribution in [0.3, 0.4) is 0 Å². The van der Waals surface area contributed by atoms with Crippen LogP contribution in [0.1, 0.15) is 23.9 Å². The largest absolute Gasteiger partial charge is 0.325 e. The Morgan fingerprint density at radius 3 is 2.61 bits per heavy atom. The van der Waals surface area contributed by atoms with Crippen molar-refractivity contribution in [3.05, 3.63) is 69.5 Å². The second-order valence-corrected chi connectivity index (χ2v) is 8.23. The fourth-order valence-corrected chi connectivity index (χ4v) is 3.85. The lowest BCUT2D eigenvalue weighted by Gasteiger charge is -2.09. The number of hydrogen-bond acceptors (Lipinski definition) is 7. The van der Waals surface area contributed by atoms with Gasteiger partial charge in [0.05, 0.1) is 17.1 Å². The van der Waals surface area contributed by atoms with Gasteiger partial charge in [-0.1, -0.05) is 43.0 Å². The van der Waals surface area contributed by atoms with Crippen LogP contribution >= 0.6 is 11.8 Å². The van der Waals surface area contributed by atoms with Gasteiger partial charge in [0.15, 0.2) is 5.16 Å². The molecule has 0 aliphatic heterocycles. The van der Waals surface area contributed by atoms with E-state index in [0.717, 1.165) is 29.4 Å². The van der Waals surface area contributed by atoms with E-state index in [4.69, 9.17) is 0 Å². The Balaban J connectivity index is 1.56. The first kappa shape index (κ1) is 23.9. The van der Waals surface area contributed by atoms with E-state index in [2.05, 4.69) is 20.8 Å². The SMILES string of the molecule is CCc1ccccc1NC(=O)Cc1nnc(SCC(=O)Nc2ccc(C)c([N+](=O)[O-])c2)n1C. The predicted octanol–water partition coefficient (Wildman–Crippen LogP) is 3.51. The summed E-state index contributed by atoms with van der Waals surface area (Å²) >= 11 is 1.16. The fraction of sp³-hybridized carbons (Fsp3) is 0.273. The van der Waals surface area contributed by atoms with Crippen LogP contribution in [-0.2, 0) is 29.5 Å². The normalized spacial score (nSPS) is 10.6. The topological polar surface area (TPSA) is 132 Å². The highest BCUT2D eigenvalue weighted by Crippen LogP contribution is 2.23. The molecule has 3 rings (SSSR count). The van der Waals surface area contributed by atoms with E-state index in [9.17, 15) is 19.7 Å². The molecule has 0 bridgehead atoms. The maximum atomic E-state index is 12.5. The number of benzene rings is 2. The molecule has 0 saturated heterocycles. The second-order valence-electron chi connectivity index (χ2n) is 7.29. The summed E-state index contributed by atoms with van der Waals surface area (Å²) in [5.41, 5.74) is 2.62. The summed E-state index contributed by atoms with van der Waals surface area (Å²) in [4.78, 5) is 35.3. The third kappa shape index (κ3) is 6.16. The lowest BCUT2D eigenvalue weighted by Crippen LogP contribution is -2.18. The van der Waals surface area contributed by atoms with Gasteiger partial charge in [-0.05, 0) is 31.0 Å². The number of para-hydroxylation sites is 1. The lowest BCUT2D eigenvalue weighted by atomic mass is 10.1. The number of aryl methyl sites for hydroxylation is 2. The molecule has 33 heavy (non-hydrogen) atoms.